The predicted molar refractivity (Wildman–Crippen MR) is 114 cm³/mol. The zero-order valence-electron chi connectivity index (χ0n) is 16.1. The molecule has 0 aliphatic heterocycles. The van der Waals surface area contributed by atoms with Crippen molar-refractivity contribution in [2.24, 2.45) is 0 Å². The van der Waals surface area contributed by atoms with Gasteiger partial charge in [-0.05, 0) is 42.8 Å². The van der Waals surface area contributed by atoms with Gasteiger partial charge in [0.25, 0.3) is 5.91 Å². The second-order valence-corrected chi connectivity index (χ2v) is 7.77. The van der Waals surface area contributed by atoms with Crippen LogP contribution in [0, 0.1) is 6.92 Å². The van der Waals surface area contributed by atoms with E-state index in [9.17, 15) is 4.79 Å². The molecule has 0 saturated heterocycles. The molecule has 0 fully saturated rings. The summed E-state index contributed by atoms with van der Waals surface area (Å²) in [6.45, 7) is 3.90. The average molecular weight is 428 g/mol. The molecule has 0 radical (unpaired) electrons. The fraction of sp³-hybridized carbons (Fsp3) is 0.200. The number of halogens is 1. The van der Waals surface area contributed by atoms with Gasteiger partial charge in [-0.3, -0.25) is 4.79 Å². The number of carbonyl (C=O) groups excluding carboxylic acids is 1. The van der Waals surface area contributed by atoms with E-state index < -0.39 is 0 Å². The largest absolute Gasteiger partial charge is 0.495 e. The number of aryl methyl sites for hydroxylation is 2. The molecule has 4 rings (SSSR count). The number of anilines is 1. The van der Waals surface area contributed by atoms with E-state index in [-0.39, 0.29) is 5.91 Å². The molecule has 29 heavy (non-hydrogen) atoms. The minimum atomic E-state index is -0.270. The number of nitrogens with one attached hydrogen (secondary N) is 1. The summed E-state index contributed by atoms with van der Waals surface area (Å²) >= 11 is 7.59. The summed E-state index contributed by atoms with van der Waals surface area (Å²) in [5.74, 6) is 1.09. The summed E-state index contributed by atoms with van der Waals surface area (Å²) < 4.78 is 7.16. The SMILES string of the molecule is CCc1nnc2sc(-c3ccc(OC)c(NC(=O)c4ccc(C)c(Cl)c4)c3)nn12. The molecule has 0 bridgehead atoms. The number of carbonyl (C=O) groups is 1. The molecule has 7 nitrogen and oxygen atoms in total. The second kappa shape index (κ2) is 7.81. The van der Waals surface area contributed by atoms with Crippen LogP contribution in [0.4, 0.5) is 5.69 Å². The Bertz CT molecular complexity index is 1220. The van der Waals surface area contributed by atoms with Gasteiger partial charge in [-0.1, -0.05) is 35.9 Å². The molecule has 0 spiro atoms. The van der Waals surface area contributed by atoms with Crippen LogP contribution in [0.25, 0.3) is 15.5 Å². The van der Waals surface area contributed by atoms with Gasteiger partial charge in [-0.15, -0.1) is 10.2 Å². The highest BCUT2D eigenvalue weighted by Crippen LogP contribution is 2.33. The Morgan fingerprint density at radius 2 is 2.07 bits per heavy atom. The van der Waals surface area contributed by atoms with Gasteiger partial charge in [-0.2, -0.15) is 9.61 Å². The molecule has 148 valence electrons. The van der Waals surface area contributed by atoms with Crippen LogP contribution in [0.5, 0.6) is 5.75 Å². The van der Waals surface area contributed by atoms with Crippen LogP contribution in [-0.2, 0) is 6.42 Å². The molecule has 2 aromatic carbocycles. The Labute approximate surface area is 176 Å². The number of benzene rings is 2. The van der Waals surface area contributed by atoms with Crippen LogP contribution < -0.4 is 10.1 Å². The van der Waals surface area contributed by atoms with Gasteiger partial charge >= 0.3 is 0 Å². The number of nitrogens with zero attached hydrogens (tertiary/aromatic N) is 4. The molecule has 0 aliphatic carbocycles. The van der Waals surface area contributed by atoms with Crippen molar-refractivity contribution in [1.29, 1.82) is 0 Å². The molecule has 4 aromatic rings. The average Bonchev–Trinajstić information content (AvgIpc) is 3.30. The van der Waals surface area contributed by atoms with Crippen molar-refractivity contribution in [3.05, 3.63) is 58.4 Å². The van der Waals surface area contributed by atoms with Gasteiger partial charge in [0.05, 0.1) is 12.8 Å². The monoisotopic (exact) mass is 427 g/mol. The molecule has 9 heteroatoms. The maximum atomic E-state index is 12.7. The first-order chi connectivity index (χ1) is 14.0. The zero-order valence-corrected chi connectivity index (χ0v) is 17.6. The number of ether oxygens (including phenoxy) is 1. The number of hydrogen-bond acceptors (Lipinski definition) is 6. The molecule has 0 unspecified atom stereocenters. The van der Waals surface area contributed by atoms with Crippen LogP contribution in [-0.4, -0.2) is 32.8 Å². The smallest absolute Gasteiger partial charge is 0.255 e. The topological polar surface area (TPSA) is 81.4 Å². The van der Waals surface area contributed by atoms with Crippen molar-refractivity contribution in [2.45, 2.75) is 20.3 Å². The van der Waals surface area contributed by atoms with E-state index in [4.69, 9.17) is 16.3 Å². The number of hydrogen-bond donors (Lipinski definition) is 1. The third-order valence-electron chi connectivity index (χ3n) is 4.50. The molecule has 0 atom stereocenters. The lowest BCUT2D eigenvalue weighted by molar-refractivity contribution is 0.102. The summed E-state index contributed by atoms with van der Waals surface area (Å²) in [6, 6.07) is 10.7. The number of fused-ring (bicyclic) bond motifs is 1. The van der Waals surface area contributed by atoms with E-state index >= 15 is 0 Å². The van der Waals surface area contributed by atoms with Crippen LogP contribution >= 0.6 is 22.9 Å². The quantitative estimate of drug-likeness (QED) is 0.501. The van der Waals surface area contributed by atoms with Gasteiger partial charge < -0.3 is 10.1 Å². The molecule has 2 heterocycles. The number of methoxy groups -OCH3 is 1. The first-order valence-electron chi connectivity index (χ1n) is 8.97. The predicted octanol–water partition coefficient (Wildman–Crippen LogP) is 4.64. The molecule has 0 aliphatic rings. The summed E-state index contributed by atoms with van der Waals surface area (Å²) in [7, 11) is 1.56. The fourth-order valence-electron chi connectivity index (χ4n) is 2.86. The van der Waals surface area contributed by atoms with Gasteiger partial charge in [0.1, 0.15) is 10.8 Å². The summed E-state index contributed by atoms with van der Waals surface area (Å²) in [5, 5.41) is 17.1. The Balaban J connectivity index is 1.68. The minimum Gasteiger partial charge on any atom is -0.495 e. The third kappa shape index (κ3) is 3.68. The first kappa shape index (κ1) is 19.4. The number of amides is 1. The van der Waals surface area contributed by atoms with Crippen LogP contribution in [0.15, 0.2) is 36.4 Å². The maximum absolute atomic E-state index is 12.7. The standard InChI is InChI=1S/C20H18ClN5O2S/c1-4-17-23-24-20-26(17)25-19(29-20)13-7-8-16(28-3)15(10-13)22-18(27)12-6-5-11(2)14(21)9-12/h5-10H,4H2,1-3H3,(H,22,27). The third-order valence-corrected chi connectivity index (χ3v) is 5.86. The van der Waals surface area contributed by atoms with Crippen molar-refractivity contribution in [3.63, 3.8) is 0 Å². The van der Waals surface area contributed by atoms with E-state index in [1.165, 1.54) is 11.3 Å². The Kier molecular flexibility index (Phi) is 5.21. The maximum Gasteiger partial charge on any atom is 0.255 e. The highest BCUT2D eigenvalue weighted by Gasteiger charge is 2.16. The van der Waals surface area contributed by atoms with E-state index in [1.54, 1.807) is 29.8 Å². The number of aromatic nitrogens is 4. The van der Waals surface area contributed by atoms with E-state index in [2.05, 4.69) is 20.6 Å². The highest BCUT2D eigenvalue weighted by atomic mass is 35.5. The summed E-state index contributed by atoms with van der Waals surface area (Å²) in [4.78, 5) is 13.4. The lowest BCUT2D eigenvalue weighted by atomic mass is 10.1. The lowest BCUT2D eigenvalue weighted by Gasteiger charge is -2.12. The van der Waals surface area contributed by atoms with Crippen molar-refractivity contribution in [1.82, 2.24) is 19.8 Å². The Morgan fingerprint density at radius 1 is 1.24 bits per heavy atom. The zero-order chi connectivity index (χ0) is 20.5. The normalized spacial score (nSPS) is 11.0. The first-order valence-corrected chi connectivity index (χ1v) is 10.2. The van der Waals surface area contributed by atoms with Crippen LogP contribution in [0.1, 0.15) is 28.7 Å². The summed E-state index contributed by atoms with van der Waals surface area (Å²) in [6.07, 6.45) is 0.743. The molecule has 2 aromatic heterocycles. The Hall–Kier alpha value is -2.97. The number of rotatable bonds is 5. The van der Waals surface area contributed by atoms with E-state index in [0.29, 0.717) is 22.0 Å². The van der Waals surface area contributed by atoms with Crippen LogP contribution in [0.3, 0.4) is 0 Å². The van der Waals surface area contributed by atoms with Crippen molar-refractivity contribution < 1.29 is 9.53 Å². The Morgan fingerprint density at radius 3 is 2.79 bits per heavy atom. The van der Waals surface area contributed by atoms with Gasteiger partial charge in [0.2, 0.25) is 4.96 Å². The second-order valence-electron chi connectivity index (χ2n) is 6.40. The van der Waals surface area contributed by atoms with Crippen LogP contribution in [0.2, 0.25) is 5.02 Å². The molecular weight excluding hydrogens is 410 g/mol. The van der Waals surface area contributed by atoms with Gasteiger partial charge in [-0.25, -0.2) is 0 Å². The fourth-order valence-corrected chi connectivity index (χ4v) is 3.90. The molecule has 1 amide bonds. The van der Waals surface area contributed by atoms with E-state index in [1.807, 2.05) is 32.0 Å². The molecule has 1 N–H and O–H groups in total. The summed E-state index contributed by atoms with van der Waals surface area (Å²) in [5.41, 5.74) is 2.78. The van der Waals surface area contributed by atoms with E-state index in [0.717, 1.165) is 33.3 Å². The van der Waals surface area contributed by atoms with Gasteiger partial charge in [0.15, 0.2) is 5.82 Å². The van der Waals surface area contributed by atoms with Crippen molar-refractivity contribution in [2.75, 3.05) is 12.4 Å². The highest BCUT2D eigenvalue weighted by molar-refractivity contribution is 7.19. The van der Waals surface area contributed by atoms with Crippen molar-refractivity contribution in [3.8, 4) is 16.3 Å². The molecular formula is C20H18ClN5O2S. The lowest BCUT2D eigenvalue weighted by Crippen LogP contribution is -2.12. The molecule has 0 saturated carbocycles. The van der Waals surface area contributed by atoms with Gasteiger partial charge in [0, 0.05) is 22.6 Å². The minimum absolute atomic E-state index is 0.270. The van der Waals surface area contributed by atoms with Crippen molar-refractivity contribution >= 4 is 39.5 Å².